The summed E-state index contributed by atoms with van der Waals surface area (Å²) < 4.78 is 13.6. The number of halogens is 1. The molecule has 0 spiro atoms. The van der Waals surface area contributed by atoms with Crippen molar-refractivity contribution in [3.8, 4) is 0 Å². The molecule has 1 fully saturated rings. The number of nitrogens with zero attached hydrogens (tertiary/aromatic N) is 1. The van der Waals surface area contributed by atoms with Crippen molar-refractivity contribution in [2.24, 2.45) is 0 Å². The van der Waals surface area contributed by atoms with Gasteiger partial charge in [0.2, 0.25) is 0 Å². The van der Waals surface area contributed by atoms with Crippen LogP contribution in [0.15, 0.2) is 42.0 Å². The highest BCUT2D eigenvalue weighted by Gasteiger charge is 2.25. The van der Waals surface area contributed by atoms with Gasteiger partial charge in [0, 0.05) is 30.4 Å². The second kappa shape index (κ2) is 6.32. The normalized spacial score (nSPS) is 20.3. The van der Waals surface area contributed by atoms with Crippen LogP contribution in [0.5, 0.6) is 0 Å². The molecule has 0 bridgehead atoms. The largest absolute Gasteiger partial charge is 0.381 e. The van der Waals surface area contributed by atoms with E-state index in [2.05, 4.69) is 15.6 Å². The predicted octanol–water partition coefficient (Wildman–Crippen LogP) is 2.28. The van der Waals surface area contributed by atoms with Crippen LogP contribution in [0.3, 0.4) is 0 Å². The second-order valence-electron chi connectivity index (χ2n) is 5.84. The third kappa shape index (κ3) is 3.83. The van der Waals surface area contributed by atoms with Crippen LogP contribution in [0.2, 0.25) is 0 Å². The minimum atomic E-state index is -1.04. The van der Waals surface area contributed by atoms with E-state index in [-0.39, 0.29) is 18.1 Å². The zero-order chi connectivity index (χ0) is 16.4. The van der Waals surface area contributed by atoms with E-state index in [9.17, 15) is 14.0 Å². The summed E-state index contributed by atoms with van der Waals surface area (Å²) in [5, 5.41) is 6.01. The van der Waals surface area contributed by atoms with E-state index in [0.29, 0.717) is 28.6 Å². The Morgan fingerprint density at radius 3 is 2.65 bits per heavy atom. The lowest BCUT2D eigenvalue weighted by atomic mass is 10.1. The third-order valence-electron chi connectivity index (χ3n) is 3.78. The Morgan fingerprint density at radius 1 is 1.22 bits per heavy atom. The standard InChI is InChI=1S/C17H18FN3O2/c1-10(22)11-6-12(9-19-8-11)17(23)21-15-5-2-13(18)7-16(15)20-14-3-4-14/h5-9,13-14,20H,2-4H2,1H3,(H,21,23). The molecule has 2 aliphatic carbocycles. The van der Waals surface area contributed by atoms with Gasteiger partial charge < -0.3 is 10.6 Å². The molecule has 5 nitrogen and oxygen atoms in total. The number of amides is 1. The maximum absolute atomic E-state index is 13.6. The number of aromatic nitrogens is 1. The van der Waals surface area contributed by atoms with Crippen LogP contribution in [0.1, 0.15) is 46.9 Å². The first-order valence-electron chi connectivity index (χ1n) is 7.63. The fourth-order valence-electron chi connectivity index (χ4n) is 2.32. The molecule has 1 heterocycles. The number of carbonyl (C=O) groups excluding carboxylic acids is 2. The molecule has 1 unspecified atom stereocenters. The van der Waals surface area contributed by atoms with Crippen LogP contribution in [0.25, 0.3) is 0 Å². The molecule has 0 aliphatic heterocycles. The van der Waals surface area contributed by atoms with Crippen molar-refractivity contribution < 1.29 is 14.0 Å². The fourth-order valence-corrected chi connectivity index (χ4v) is 2.32. The number of Topliss-reactive ketones (excluding diaryl/α,β-unsaturated/α-hetero) is 1. The summed E-state index contributed by atoms with van der Waals surface area (Å²) in [6.45, 7) is 1.42. The highest BCUT2D eigenvalue weighted by atomic mass is 19.1. The Kier molecular flexibility index (Phi) is 4.23. The van der Waals surface area contributed by atoms with Crippen molar-refractivity contribution in [3.63, 3.8) is 0 Å². The molecule has 1 aromatic heterocycles. The van der Waals surface area contributed by atoms with E-state index < -0.39 is 6.17 Å². The van der Waals surface area contributed by atoms with Crippen molar-refractivity contribution >= 4 is 11.7 Å². The smallest absolute Gasteiger partial charge is 0.257 e. The Hall–Kier alpha value is -2.50. The number of allylic oxidation sites excluding steroid dienone is 2. The van der Waals surface area contributed by atoms with Crippen LogP contribution in [-0.4, -0.2) is 28.9 Å². The van der Waals surface area contributed by atoms with Gasteiger partial charge in [0.25, 0.3) is 5.91 Å². The van der Waals surface area contributed by atoms with Gasteiger partial charge in [0.05, 0.1) is 17.0 Å². The Balaban J connectivity index is 1.74. The number of rotatable bonds is 5. The van der Waals surface area contributed by atoms with E-state index in [1.54, 1.807) is 6.08 Å². The lowest BCUT2D eigenvalue weighted by Gasteiger charge is -2.20. The summed E-state index contributed by atoms with van der Waals surface area (Å²) in [5.74, 6) is -0.520. The van der Waals surface area contributed by atoms with Crippen LogP contribution in [0, 0.1) is 0 Å². The van der Waals surface area contributed by atoms with E-state index in [4.69, 9.17) is 0 Å². The van der Waals surface area contributed by atoms with E-state index in [1.165, 1.54) is 31.5 Å². The minimum Gasteiger partial charge on any atom is -0.381 e. The van der Waals surface area contributed by atoms with Crippen LogP contribution < -0.4 is 10.6 Å². The average Bonchev–Trinajstić information content (AvgIpc) is 3.34. The van der Waals surface area contributed by atoms with Gasteiger partial charge in [-0.25, -0.2) is 4.39 Å². The number of carbonyl (C=O) groups is 2. The molecule has 2 N–H and O–H groups in total. The number of ketones is 1. The average molecular weight is 315 g/mol. The van der Waals surface area contributed by atoms with Gasteiger partial charge in [-0.05, 0) is 31.9 Å². The molecular weight excluding hydrogens is 297 g/mol. The Morgan fingerprint density at radius 2 is 1.96 bits per heavy atom. The minimum absolute atomic E-state index is 0.153. The fraction of sp³-hybridized carbons (Fsp3) is 0.353. The lowest BCUT2D eigenvalue weighted by Crippen LogP contribution is -2.31. The van der Waals surface area contributed by atoms with E-state index in [0.717, 1.165) is 12.8 Å². The van der Waals surface area contributed by atoms with Crippen LogP contribution in [-0.2, 0) is 0 Å². The molecule has 1 saturated carbocycles. The molecule has 1 aromatic rings. The maximum atomic E-state index is 13.6. The first-order valence-corrected chi connectivity index (χ1v) is 7.63. The SMILES string of the molecule is CC(=O)c1cncc(C(=O)NC2=CCC(F)C=C2NC2CC2)c1. The zero-order valence-corrected chi connectivity index (χ0v) is 12.8. The first-order chi connectivity index (χ1) is 11.0. The topological polar surface area (TPSA) is 71.1 Å². The summed E-state index contributed by atoms with van der Waals surface area (Å²) in [6, 6.07) is 1.86. The summed E-state index contributed by atoms with van der Waals surface area (Å²) >= 11 is 0. The molecule has 0 saturated heterocycles. The Bertz CT molecular complexity index is 708. The summed E-state index contributed by atoms with van der Waals surface area (Å²) in [7, 11) is 0. The molecule has 0 radical (unpaired) electrons. The maximum Gasteiger partial charge on any atom is 0.257 e. The van der Waals surface area contributed by atoms with Gasteiger partial charge in [-0.1, -0.05) is 6.08 Å². The Labute approximate surface area is 133 Å². The molecule has 0 aromatic carbocycles. The summed E-state index contributed by atoms with van der Waals surface area (Å²) in [5.41, 5.74) is 1.87. The highest BCUT2D eigenvalue weighted by Crippen LogP contribution is 2.25. The molecule has 23 heavy (non-hydrogen) atoms. The quantitative estimate of drug-likeness (QED) is 0.818. The van der Waals surface area contributed by atoms with Gasteiger partial charge in [0.15, 0.2) is 5.78 Å². The van der Waals surface area contributed by atoms with Gasteiger partial charge in [-0.15, -0.1) is 0 Å². The van der Waals surface area contributed by atoms with E-state index >= 15 is 0 Å². The summed E-state index contributed by atoms with van der Waals surface area (Å²) in [6.07, 6.45) is 7.30. The van der Waals surface area contributed by atoms with Gasteiger partial charge in [-0.3, -0.25) is 14.6 Å². The highest BCUT2D eigenvalue weighted by molar-refractivity contribution is 5.99. The summed E-state index contributed by atoms with van der Waals surface area (Å²) in [4.78, 5) is 27.7. The molecular formula is C17H18FN3O2. The zero-order valence-electron chi connectivity index (χ0n) is 12.8. The van der Waals surface area contributed by atoms with Crippen molar-refractivity contribution in [1.82, 2.24) is 15.6 Å². The van der Waals surface area contributed by atoms with Gasteiger partial charge >= 0.3 is 0 Å². The van der Waals surface area contributed by atoms with Crippen molar-refractivity contribution in [1.29, 1.82) is 0 Å². The van der Waals surface area contributed by atoms with Crippen LogP contribution >= 0.6 is 0 Å². The number of alkyl halides is 1. The number of pyridine rings is 1. The lowest BCUT2D eigenvalue weighted by molar-refractivity contribution is 0.0965. The van der Waals surface area contributed by atoms with E-state index in [1.807, 2.05) is 0 Å². The predicted molar refractivity (Wildman–Crippen MR) is 83.5 cm³/mol. The third-order valence-corrected chi connectivity index (χ3v) is 3.78. The van der Waals surface area contributed by atoms with Gasteiger partial charge in [0.1, 0.15) is 6.17 Å². The van der Waals surface area contributed by atoms with Crippen LogP contribution in [0.4, 0.5) is 4.39 Å². The molecule has 120 valence electrons. The molecule has 6 heteroatoms. The first kappa shape index (κ1) is 15.4. The molecule has 2 aliphatic rings. The second-order valence-corrected chi connectivity index (χ2v) is 5.84. The monoisotopic (exact) mass is 315 g/mol. The molecule has 1 amide bonds. The van der Waals surface area contributed by atoms with Crippen molar-refractivity contribution in [2.75, 3.05) is 0 Å². The molecule has 3 rings (SSSR count). The number of hydrogen-bond acceptors (Lipinski definition) is 4. The van der Waals surface area contributed by atoms with Gasteiger partial charge in [-0.2, -0.15) is 0 Å². The number of nitrogens with one attached hydrogen (secondary N) is 2. The van der Waals surface area contributed by atoms with Crippen molar-refractivity contribution in [2.45, 2.75) is 38.4 Å². The van der Waals surface area contributed by atoms with Crippen molar-refractivity contribution in [3.05, 3.63) is 53.1 Å². The number of hydrogen-bond donors (Lipinski definition) is 2. The molecule has 1 atom stereocenters.